The van der Waals surface area contributed by atoms with Gasteiger partial charge in [-0.1, -0.05) is 62.6 Å². The molecule has 1 nitrogen and oxygen atoms in total. The summed E-state index contributed by atoms with van der Waals surface area (Å²) < 4.78 is 5.65. The van der Waals surface area contributed by atoms with E-state index in [1.54, 1.807) is 0 Å². The highest BCUT2D eigenvalue weighted by Crippen LogP contribution is 2.20. The average Bonchev–Trinajstić information content (AvgIpc) is 2.50. The third kappa shape index (κ3) is 4.12. The average molecular weight is 268 g/mol. The number of fused-ring (bicyclic) bond motifs is 1. The minimum absolute atomic E-state index is 0.824. The Labute approximate surface area is 122 Å². The second kappa shape index (κ2) is 7.74. The largest absolute Gasteiger partial charge is 0.501 e. The summed E-state index contributed by atoms with van der Waals surface area (Å²) in [6.07, 6.45) is 6.88. The van der Waals surface area contributed by atoms with Crippen molar-refractivity contribution in [1.29, 1.82) is 0 Å². The molecular weight excluding hydrogens is 244 g/mol. The summed E-state index contributed by atoms with van der Waals surface area (Å²) in [7, 11) is 0. The molecule has 0 saturated heterocycles. The van der Waals surface area contributed by atoms with Crippen molar-refractivity contribution in [2.75, 3.05) is 6.61 Å². The highest BCUT2D eigenvalue weighted by atomic mass is 16.5. The van der Waals surface area contributed by atoms with Gasteiger partial charge in [0.1, 0.15) is 0 Å². The predicted octanol–water partition coefficient (Wildman–Crippen LogP) is 5.80. The first-order chi connectivity index (χ1) is 9.81. The van der Waals surface area contributed by atoms with E-state index in [9.17, 15) is 0 Å². The molecule has 0 N–H and O–H groups in total. The standard InChI is InChI=1S/C19H24O/c1-3-4-5-8-13-20-15-16(2)18-12-11-17-9-6-7-10-19(17)14-18/h6-7,9-12,14-15H,3-5,8,13H2,1-2H3. The van der Waals surface area contributed by atoms with Crippen molar-refractivity contribution >= 4 is 16.3 Å². The zero-order valence-electron chi connectivity index (χ0n) is 12.6. The number of benzene rings is 2. The third-order valence-electron chi connectivity index (χ3n) is 3.58. The smallest absolute Gasteiger partial charge is 0.0873 e. The van der Waals surface area contributed by atoms with Crippen molar-refractivity contribution < 1.29 is 4.74 Å². The van der Waals surface area contributed by atoms with Crippen LogP contribution in [0.4, 0.5) is 0 Å². The molecule has 0 fully saturated rings. The zero-order chi connectivity index (χ0) is 14.2. The van der Waals surface area contributed by atoms with Crippen LogP contribution in [-0.4, -0.2) is 6.61 Å². The van der Waals surface area contributed by atoms with Crippen LogP contribution in [0.2, 0.25) is 0 Å². The van der Waals surface area contributed by atoms with Crippen molar-refractivity contribution in [3.05, 3.63) is 54.3 Å². The van der Waals surface area contributed by atoms with Gasteiger partial charge < -0.3 is 4.74 Å². The Morgan fingerprint density at radius 1 is 1.00 bits per heavy atom. The number of allylic oxidation sites excluding steroid dienone is 1. The molecule has 0 bridgehead atoms. The first-order valence-electron chi connectivity index (χ1n) is 7.59. The molecule has 2 aromatic carbocycles. The summed E-state index contributed by atoms with van der Waals surface area (Å²) >= 11 is 0. The molecule has 2 rings (SSSR count). The molecule has 20 heavy (non-hydrogen) atoms. The normalized spacial score (nSPS) is 11.8. The van der Waals surface area contributed by atoms with E-state index >= 15 is 0 Å². The molecule has 2 aromatic rings. The Morgan fingerprint density at radius 3 is 2.60 bits per heavy atom. The molecular formula is C19H24O. The molecule has 0 spiro atoms. The third-order valence-corrected chi connectivity index (χ3v) is 3.58. The second-order valence-corrected chi connectivity index (χ2v) is 5.29. The van der Waals surface area contributed by atoms with Crippen LogP contribution in [0.15, 0.2) is 48.7 Å². The Balaban J connectivity index is 1.94. The summed E-state index contributed by atoms with van der Waals surface area (Å²) in [4.78, 5) is 0. The van der Waals surface area contributed by atoms with E-state index < -0.39 is 0 Å². The molecule has 0 radical (unpaired) electrons. The molecule has 0 heterocycles. The quantitative estimate of drug-likeness (QED) is 0.455. The molecule has 0 saturated carbocycles. The van der Waals surface area contributed by atoms with Gasteiger partial charge in [0, 0.05) is 0 Å². The Kier molecular flexibility index (Phi) is 5.67. The predicted molar refractivity (Wildman–Crippen MR) is 87.7 cm³/mol. The Morgan fingerprint density at radius 2 is 1.80 bits per heavy atom. The number of ether oxygens (including phenoxy) is 1. The van der Waals surface area contributed by atoms with E-state index in [-0.39, 0.29) is 0 Å². The minimum Gasteiger partial charge on any atom is -0.501 e. The van der Waals surface area contributed by atoms with Crippen LogP contribution in [0, 0.1) is 0 Å². The van der Waals surface area contributed by atoms with Crippen LogP contribution < -0.4 is 0 Å². The summed E-state index contributed by atoms with van der Waals surface area (Å²) in [6.45, 7) is 5.16. The molecule has 0 amide bonds. The van der Waals surface area contributed by atoms with Gasteiger partial charge in [-0.3, -0.25) is 0 Å². The summed E-state index contributed by atoms with van der Waals surface area (Å²) in [6, 6.07) is 15.0. The summed E-state index contributed by atoms with van der Waals surface area (Å²) in [5, 5.41) is 2.56. The van der Waals surface area contributed by atoms with Gasteiger partial charge in [0.15, 0.2) is 0 Å². The van der Waals surface area contributed by atoms with Crippen LogP contribution in [0.1, 0.15) is 45.1 Å². The summed E-state index contributed by atoms with van der Waals surface area (Å²) in [5.74, 6) is 0. The number of rotatable bonds is 7. The van der Waals surface area contributed by atoms with Crippen LogP contribution in [0.25, 0.3) is 16.3 Å². The molecule has 0 unspecified atom stereocenters. The minimum atomic E-state index is 0.824. The fourth-order valence-electron chi connectivity index (χ4n) is 2.30. The molecule has 0 aliphatic heterocycles. The van der Waals surface area contributed by atoms with Gasteiger partial charge in [0.05, 0.1) is 12.9 Å². The van der Waals surface area contributed by atoms with Crippen molar-refractivity contribution in [2.24, 2.45) is 0 Å². The van der Waals surface area contributed by atoms with E-state index in [0.717, 1.165) is 13.0 Å². The lowest BCUT2D eigenvalue weighted by molar-refractivity contribution is 0.242. The van der Waals surface area contributed by atoms with E-state index in [1.165, 1.54) is 41.2 Å². The molecule has 0 atom stereocenters. The SMILES string of the molecule is CCCCCCOC=C(C)c1ccc2ccccc2c1. The lowest BCUT2D eigenvalue weighted by atomic mass is 10.0. The van der Waals surface area contributed by atoms with Crippen molar-refractivity contribution in [1.82, 2.24) is 0 Å². The van der Waals surface area contributed by atoms with Crippen molar-refractivity contribution in [3.63, 3.8) is 0 Å². The Bertz CT molecular complexity index is 569. The summed E-state index contributed by atoms with van der Waals surface area (Å²) in [5.41, 5.74) is 2.42. The monoisotopic (exact) mass is 268 g/mol. The Hall–Kier alpha value is -1.76. The number of hydrogen-bond donors (Lipinski definition) is 0. The lowest BCUT2D eigenvalue weighted by Gasteiger charge is -2.06. The van der Waals surface area contributed by atoms with E-state index in [4.69, 9.17) is 4.74 Å². The lowest BCUT2D eigenvalue weighted by Crippen LogP contribution is -1.89. The highest BCUT2D eigenvalue weighted by molar-refractivity contribution is 5.85. The van der Waals surface area contributed by atoms with Gasteiger partial charge in [0.2, 0.25) is 0 Å². The van der Waals surface area contributed by atoms with Crippen LogP contribution in [0.5, 0.6) is 0 Å². The molecule has 106 valence electrons. The van der Waals surface area contributed by atoms with Gasteiger partial charge in [-0.2, -0.15) is 0 Å². The molecule has 0 aromatic heterocycles. The first-order valence-corrected chi connectivity index (χ1v) is 7.59. The van der Waals surface area contributed by atoms with Gasteiger partial charge in [-0.25, -0.2) is 0 Å². The van der Waals surface area contributed by atoms with Gasteiger partial charge in [0.25, 0.3) is 0 Å². The van der Waals surface area contributed by atoms with Gasteiger partial charge in [-0.05, 0) is 41.3 Å². The fourth-order valence-corrected chi connectivity index (χ4v) is 2.30. The maximum absolute atomic E-state index is 5.65. The van der Waals surface area contributed by atoms with E-state index in [2.05, 4.69) is 56.3 Å². The van der Waals surface area contributed by atoms with Gasteiger partial charge in [-0.15, -0.1) is 0 Å². The first kappa shape index (κ1) is 14.6. The number of hydrogen-bond acceptors (Lipinski definition) is 1. The number of unbranched alkanes of at least 4 members (excludes halogenated alkanes) is 3. The van der Waals surface area contributed by atoms with Gasteiger partial charge >= 0.3 is 0 Å². The van der Waals surface area contributed by atoms with E-state index in [0.29, 0.717) is 0 Å². The maximum Gasteiger partial charge on any atom is 0.0873 e. The van der Waals surface area contributed by atoms with Crippen LogP contribution >= 0.6 is 0 Å². The highest BCUT2D eigenvalue weighted by Gasteiger charge is 1.98. The maximum atomic E-state index is 5.65. The van der Waals surface area contributed by atoms with Crippen LogP contribution in [-0.2, 0) is 4.74 Å². The molecule has 1 heteroatoms. The van der Waals surface area contributed by atoms with Crippen LogP contribution in [0.3, 0.4) is 0 Å². The molecule has 0 aliphatic rings. The molecule has 0 aliphatic carbocycles. The van der Waals surface area contributed by atoms with Crippen molar-refractivity contribution in [3.8, 4) is 0 Å². The van der Waals surface area contributed by atoms with Crippen molar-refractivity contribution in [2.45, 2.75) is 39.5 Å². The second-order valence-electron chi connectivity index (χ2n) is 5.29. The topological polar surface area (TPSA) is 9.23 Å². The fraction of sp³-hybridized carbons (Fsp3) is 0.368. The zero-order valence-corrected chi connectivity index (χ0v) is 12.6. The van der Waals surface area contributed by atoms with E-state index in [1.807, 2.05) is 6.26 Å².